The van der Waals surface area contributed by atoms with Gasteiger partial charge < -0.3 is 4.90 Å². The van der Waals surface area contributed by atoms with Crippen LogP contribution in [-0.2, 0) is 6.42 Å². The molecule has 1 amide bonds. The van der Waals surface area contributed by atoms with Crippen molar-refractivity contribution in [3.8, 4) is 0 Å². The standard InChI is InChI=1S/C16H18N2OS/c19-16(15-5-8-20-12-15)18-7-2-4-14(11-18)9-13-3-1-6-17-10-13/h1,3,5-6,8,10,12,14H,2,4,7,9,11H2/t14-/m0/s1. The number of amides is 1. The molecule has 20 heavy (non-hydrogen) atoms. The molecule has 2 aromatic heterocycles. The van der Waals surface area contributed by atoms with Gasteiger partial charge in [0.2, 0.25) is 0 Å². The van der Waals surface area contributed by atoms with E-state index < -0.39 is 0 Å². The zero-order chi connectivity index (χ0) is 13.8. The highest BCUT2D eigenvalue weighted by atomic mass is 32.1. The topological polar surface area (TPSA) is 33.2 Å². The van der Waals surface area contributed by atoms with Gasteiger partial charge in [-0.25, -0.2) is 0 Å². The largest absolute Gasteiger partial charge is 0.338 e. The minimum Gasteiger partial charge on any atom is -0.338 e. The fourth-order valence-corrected chi connectivity index (χ4v) is 3.47. The second-order valence-electron chi connectivity index (χ2n) is 5.34. The van der Waals surface area contributed by atoms with Crippen LogP contribution in [0, 0.1) is 5.92 Å². The van der Waals surface area contributed by atoms with Gasteiger partial charge in [0.1, 0.15) is 0 Å². The zero-order valence-electron chi connectivity index (χ0n) is 11.4. The highest BCUT2D eigenvalue weighted by Crippen LogP contribution is 2.22. The van der Waals surface area contributed by atoms with E-state index in [1.807, 2.05) is 34.0 Å². The molecule has 3 nitrogen and oxygen atoms in total. The van der Waals surface area contributed by atoms with Gasteiger partial charge in [0.25, 0.3) is 5.91 Å². The molecular formula is C16H18N2OS. The van der Waals surface area contributed by atoms with Crippen LogP contribution in [0.5, 0.6) is 0 Å². The summed E-state index contributed by atoms with van der Waals surface area (Å²) in [4.78, 5) is 18.6. The van der Waals surface area contributed by atoms with Crippen LogP contribution < -0.4 is 0 Å². The van der Waals surface area contributed by atoms with E-state index in [1.54, 1.807) is 17.5 Å². The third kappa shape index (κ3) is 3.07. The molecule has 0 spiro atoms. The molecule has 0 radical (unpaired) electrons. The van der Waals surface area contributed by atoms with Gasteiger partial charge in [-0.2, -0.15) is 11.3 Å². The Morgan fingerprint density at radius 3 is 3.15 bits per heavy atom. The number of carbonyl (C=O) groups excluding carboxylic acids is 1. The number of rotatable bonds is 3. The van der Waals surface area contributed by atoms with Crippen molar-refractivity contribution in [2.24, 2.45) is 5.92 Å². The second kappa shape index (κ2) is 6.18. The maximum atomic E-state index is 12.4. The van der Waals surface area contributed by atoms with Gasteiger partial charge in [-0.3, -0.25) is 9.78 Å². The quantitative estimate of drug-likeness (QED) is 0.868. The Bertz CT molecular complexity index is 553. The van der Waals surface area contributed by atoms with Crippen LogP contribution in [0.25, 0.3) is 0 Å². The van der Waals surface area contributed by atoms with E-state index >= 15 is 0 Å². The van der Waals surface area contributed by atoms with E-state index in [9.17, 15) is 4.79 Å². The lowest BCUT2D eigenvalue weighted by Crippen LogP contribution is -2.40. The molecular weight excluding hydrogens is 268 g/mol. The van der Waals surface area contributed by atoms with Gasteiger partial charge in [0.05, 0.1) is 5.56 Å². The minimum absolute atomic E-state index is 0.183. The van der Waals surface area contributed by atoms with Crippen molar-refractivity contribution in [1.82, 2.24) is 9.88 Å². The van der Waals surface area contributed by atoms with E-state index in [4.69, 9.17) is 0 Å². The first-order valence-corrected chi connectivity index (χ1v) is 7.97. The van der Waals surface area contributed by atoms with E-state index in [-0.39, 0.29) is 5.91 Å². The van der Waals surface area contributed by atoms with Crippen molar-refractivity contribution < 1.29 is 4.79 Å². The normalized spacial score (nSPS) is 19.0. The van der Waals surface area contributed by atoms with Crippen molar-refractivity contribution in [2.75, 3.05) is 13.1 Å². The summed E-state index contributed by atoms with van der Waals surface area (Å²) in [6.07, 6.45) is 7.04. The smallest absolute Gasteiger partial charge is 0.254 e. The van der Waals surface area contributed by atoms with Gasteiger partial charge in [-0.05, 0) is 48.3 Å². The Balaban J connectivity index is 1.63. The third-order valence-corrected chi connectivity index (χ3v) is 4.50. The number of aromatic nitrogens is 1. The number of nitrogens with zero attached hydrogens (tertiary/aromatic N) is 2. The van der Waals surface area contributed by atoms with E-state index in [0.717, 1.165) is 31.5 Å². The Kier molecular flexibility index (Phi) is 4.11. The molecule has 1 aliphatic heterocycles. The molecule has 0 unspecified atom stereocenters. The number of hydrogen-bond acceptors (Lipinski definition) is 3. The first kappa shape index (κ1) is 13.3. The van der Waals surface area contributed by atoms with Crippen LogP contribution in [0.4, 0.5) is 0 Å². The van der Waals surface area contributed by atoms with Gasteiger partial charge >= 0.3 is 0 Å². The highest BCUT2D eigenvalue weighted by Gasteiger charge is 2.24. The Morgan fingerprint density at radius 1 is 1.45 bits per heavy atom. The highest BCUT2D eigenvalue weighted by molar-refractivity contribution is 7.08. The van der Waals surface area contributed by atoms with Crippen molar-refractivity contribution >= 4 is 17.2 Å². The molecule has 3 heterocycles. The summed E-state index contributed by atoms with van der Waals surface area (Å²) in [6, 6.07) is 6.01. The number of hydrogen-bond donors (Lipinski definition) is 0. The molecule has 3 rings (SSSR count). The van der Waals surface area contributed by atoms with E-state index in [0.29, 0.717) is 5.92 Å². The minimum atomic E-state index is 0.183. The predicted octanol–water partition coefficient (Wildman–Crippen LogP) is 3.24. The van der Waals surface area contributed by atoms with Crippen molar-refractivity contribution in [2.45, 2.75) is 19.3 Å². The fraction of sp³-hybridized carbons (Fsp3) is 0.375. The average Bonchev–Trinajstić information content (AvgIpc) is 3.02. The van der Waals surface area contributed by atoms with E-state index in [1.165, 1.54) is 12.0 Å². The fourth-order valence-electron chi connectivity index (χ4n) is 2.84. The molecule has 0 saturated carbocycles. The summed E-state index contributed by atoms with van der Waals surface area (Å²) < 4.78 is 0. The summed E-state index contributed by atoms with van der Waals surface area (Å²) in [7, 11) is 0. The molecule has 0 N–H and O–H groups in total. The summed E-state index contributed by atoms with van der Waals surface area (Å²) in [5, 5.41) is 3.90. The van der Waals surface area contributed by atoms with Gasteiger partial charge in [-0.15, -0.1) is 0 Å². The SMILES string of the molecule is O=C(c1ccsc1)N1CCC[C@@H](Cc2cccnc2)C1. The van der Waals surface area contributed by atoms with E-state index in [2.05, 4.69) is 11.1 Å². The van der Waals surface area contributed by atoms with Crippen LogP contribution in [-0.4, -0.2) is 28.9 Å². The van der Waals surface area contributed by atoms with Gasteiger partial charge in [0, 0.05) is 30.9 Å². The lowest BCUT2D eigenvalue weighted by molar-refractivity contribution is 0.0674. The Morgan fingerprint density at radius 2 is 2.40 bits per heavy atom. The van der Waals surface area contributed by atoms with Crippen LogP contribution in [0.2, 0.25) is 0 Å². The Labute approximate surface area is 123 Å². The number of piperidine rings is 1. The van der Waals surface area contributed by atoms with Crippen molar-refractivity contribution in [3.63, 3.8) is 0 Å². The summed E-state index contributed by atoms with van der Waals surface area (Å²) in [5.74, 6) is 0.734. The number of pyridine rings is 1. The van der Waals surface area contributed by atoms with Crippen LogP contribution in [0.1, 0.15) is 28.8 Å². The molecule has 0 bridgehead atoms. The van der Waals surface area contributed by atoms with Crippen LogP contribution >= 0.6 is 11.3 Å². The molecule has 0 aromatic carbocycles. The molecule has 4 heteroatoms. The maximum Gasteiger partial charge on any atom is 0.254 e. The van der Waals surface area contributed by atoms with Crippen molar-refractivity contribution in [1.29, 1.82) is 0 Å². The molecule has 0 aliphatic carbocycles. The zero-order valence-corrected chi connectivity index (χ0v) is 12.2. The first-order valence-electron chi connectivity index (χ1n) is 7.03. The number of likely N-dealkylation sites (tertiary alicyclic amines) is 1. The molecule has 1 atom stereocenters. The van der Waals surface area contributed by atoms with Gasteiger partial charge in [0.15, 0.2) is 0 Å². The molecule has 2 aromatic rings. The van der Waals surface area contributed by atoms with Gasteiger partial charge in [-0.1, -0.05) is 6.07 Å². The lowest BCUT2D eigenvalue weighted by atomic mass is 9.91. The van der Waals surface area contributed by atoms with Crippen LogP contribution in [0.15, 0.2) is 41.4 Å². The van der Waals surface area contributed by atoms with Crippen molar-refractivity contribution in [3.05, 3.63) is 52.5 Å². The third-order valence-electron chi connectivity index (χ3n) is 3.82. The Hall–Kier alpha value is -1.68. The maximum absolute atomic E-state index is 12.4. The molecule has 1 fully saturated rings. The summed E-state index contributed by atoms with van der Waals surface area (Å²) in [5.41, 5.74) is 2.10. The predicted molar refractivity (Wildman–Crippen MR) is 80.9 cm³/mol. The first-order chi connectivity index (χ1) is 9.83. The summed E-state index contributed by atoms with van der Waals surface area (Å²) in [6.45, 7) is 1.75. The van der Waals surface area contributed by atoms with Crippen LogP contribution in [0.3, 0.4) is 0 Å². The number of thiophene rings is 1. The summed E-state index contributed by atoms with van der Waals surface area (Å²) >= 11 is 1.58. The lowest BCUT2D eigenvalue weighted by Gasteiger charge is -2.32. The second-order valence-corrected chi connectivity index (χ2v) is 6.12. The monoisotopic (exact) mass is 286 g/mol. The number of carbonyl (C=O) groups is 1. The average molecular weight is 286 g/mol. The molecule has 1 aliphatic rings. The molecule has 104 valence electrons. The molecule has 1 saturated heterocycles.